The summed E-state index contributed by atoms with van der Waals surface area (Å²) in [4.78, 5) is 27.5. The van der Waals surface area contributed by atoms with Crippen LogP contribution in [0, 0.1) is 0 Å². The third kappa shape index (κ3) is 3.49. The fourth-order valence-corrected chi connectivity index (χ4v) is 2.31. The highest BCUT2D eigenvalue weighted by Crippen LogP contribution is 2.18. The van der Waals surface area contributed by atoms with Gasteiger partial charge in [-0.3, -0.25) is 19.5 Å². The highest BCUT2D eigenvalue weighted by atomic mass is 16.4. The number of amides is 1. The van der Waals surface area contributed by atoms with Crippen LogP contribution >= 0.6 is 0 Å². The van der Waals surface area contributed by atoms with Gasteiger partial charge in [0, 0.05) is 17.4 Å². The van der Waals surface area contributed by atoms with Gasteiger partial charge in [0.2, 0.25) is 5.95 Å². The standard InChI is InChI=1S/C18H15N3O3/c22-16(23)11-14-12-21(15-9-5-2-6-10-15)18(19-14)20-17(24)13-7-3-1-4-8-13/h1-10,12H,11H2,(H,22,23)(H,19,20,24). The Hall–Kier alpha value is -3.41. The van der Waals surface area contributed by atoms with Gasteiger partial charge in [0.1, 0.15) is 0 Å². The predicted molar refractivity (Wildman–Crippen MR) is 89.3 cm³/mol. The van der Waals surface area contributed by atoms with Gasteiger partial charge in [0.05, 0.1) is 12.1 Å². The SMILES string of the molecule is O=C(O)Cc1cn(-c2ccccc2)c(NC(=O)c2ccccc2)n1. The lowest BCUT2D eigenvalue weighted by molar-refractivity contribution is -0.136. The second kappa shape index (κ2) is 6.78. The quantitative estimate of drug-likeness (QED) is 0.757. The minimum absolute atomic E-state index is 0.214. The first-order valence-corrected chi connectivity index (χ1v) is 7.35. The lowest BCUT2D eigenvalue weighted by Gasteiger charge is -2.08. The molecule has 120 valence electrons. The van der Waals surface area contributed by atoms with Crippen molar-refractivity contribution in [2.24, 2.45) is 0 Å². The van der Waals surface area contributed by atoms with Crippen LogP contribution in [0.2, 0.25) is 0 Å². The van der Waals surface area contributed by atoms with Crippen molar-refractivity contribution in [2.45, 2.75) is 6.42 Å². The summed E-state index contributed by atoms with van der Waals surface area (Å²) in [6.07, 6.45) is 1.40. The van der Waals surface area contributed by atoms with Crippen LogP contribution in [-0.2, 0) is 11.2 Å². The number of benzene rings is 2. The van der Waals surface area contributed by atoms with Crippen molar-refractivity contribution in [2.75, 3.05) is 5.32 Å². The molecule has 0 atom stereocenters. The molecule has 3 aromatic rings. The lowest BCUT2D eigenvalue weighted by atomic mass is 10.2. The maximum absolute atomic E-state index is 12.3. The van der Waals surface area contributed by atoms with Crippen molar-refractivity contribution < 1.29 is 14.7 Å². The minimum Gasteiger partial charge on any atom is -0.481 e. The molecule has 0 unspecified atom stereocenters. The molecule has 3 rings (SSSR count). The molecule has 1 aromatic heterocycles. The van der Waals surface area contributed by atoms with Crippen LogP contribution in [0.1, 0.15) is 16.1 Å². The number of imidazole rings is 1. The molecule has 1 heterocycles. The zero-order valence-electron chi connectivity index (χ0n) is 12.7. The van der Waals surface area contributed by atoms with Gasteiger partial charge in [-0.1, -0.05) is 36.4 Å². The number of nitrogens with one attached hydrogen (secondary N) is 1. The molecule has 0 bridgehead atoms. The third-order valence-corrected chi connectivity index (χ3v) is 3.38. The Labute approximate surface area is 138 Å². The average Bonchev–Trinajstić information content (AvgIpc) is 2.98. The molecule has 1 amide bonds. The highest BCUT2D eigenvalue weighted by molar-refractivity contribution is 6.03. The van der Waals surface area contributed by atoms with E-state index in [9.17, 15) is 9.59 Å². The summed E-state index contributed by atoms with van der Waals surface area (Å²) in [5, 5.41) is 11.7. The van der Waals surface area contributed by atoms with Crippen LogP contribution in [0.25, 0.3) is 5.69 Å². The zero-order chi connectivity index (χ0) is 16.9. The number of aromatic nitrogens is 2. The van der Waals surface area contributed by atoms with Crippen molar-refractivity contribution >= 4 is 17.8 Å². The molecule has 0 aliphatic heterocycles. The van der Waals surface area contributed by atoms with Crippen molar-refractivity contribution in [1.82, 2.24) is 9.55 Å². The van der Waals surface area contributed by atoms with Crippen LogP contribution in [-0.4, -0.2) is 26.5 Å². The van der Waals surface area contributed by atoms with E-state index < -0.39 is 5.97 Å². The third-order valence-electron chi connectivity index (χ3n) is 3.38. The van der Waals surface area contributed by atoms with E-state index in [1.807, 2.05) is 36.4 Å². The summed E-state index contributed by atoms with van der Waals surface area (Å²) in [5.74, 6) is -1.000. The number of rotatable bonds is 5. The lowest BCUT2D eigenvalue weighted by Crippen LogP contribution is -2.15. The molecule has 0 saturated heterocycles. The largest absolute Gasteiger partial charge is 0.481 e. The number of para-hydroxylation sites is 1. The number of anilines is 1. The van der Waals surface area contributed by atoms with Crippen LogP contribution < -0.4 is 5.32 Å². The monoisotopic (exact) mass is 321 g/mol. The Balaban J connectivity index is 1.95. The van der Waals surface area contributed by atoms with E-state index in [1.54, 1.807) is 35.0 Å². The molecule has 2 aromatic carbocycles. The number of aliphatic carboxylic acids is 1. The highest BCUT2D eigenvalue weighted by Gasteiger charge is 2.15. The van der Waals surface area contributed by atoms with E-state index in [-0.39, 0.29) is 18.3 Å². The van der Waals surface area contributed by atoms with Crippen LogP contribution in [0.4, 0.5) is 5.95 Å². The fourth-order valence-electron chi connectivity index (χ4n) is 2.31. The normalized spacial score (nSPS) is 10.3. The number of carbonyl (C=O) groups is 2. The van der Waals surface area contributed by atoms with Crippen molar-refractivity contribution in [1.29, 1.82) is 0 Å². The molecule has 0 saturated carbocycles. The Morgan fingerprint density at radius 2 is 1.62 bits per heavy atom. The molecule has 2 N–H and O–H groups in total. The summed E-state index contributed by atoms with van der Waals surface area (Å²) in [7, 11) is 0. The molecule has 6 heteroatoms. The Morgan fingerprint density at radius 1 is 1.00 bits per heavy atom. The molecule has 0 fully saturated rings. The van der Waals surface area contributed by atoms with E-state index >= 15 is 0 Å². The smallest absolute Gasteiger partial charge is 0.309 e. The van der Waals surface area contributed by atoms with Crippen molar-refractivity contribution in [3.05, 3.63) is 78.1 Å². The van der Waals surface area contributed by atoms with Crippen molar-refractivity contribution in [3.63, 3.8) is 0 Å². The van der Waals surface area contributed by atoms with E-state index in [1.165, 1.54) is 0 Å². The second-order valence-corrected chi connectivity index (χ2v) is 5.15. The average molecular weight is 321 g/mol. The zero-order valence-corrected chi connectivity index (χ0v) is 12.7. The molecule has 0 aliphatic rings. The summed E-state index contributed by atoms with van der Waals surface area (Å²) in [5.41, 5.74) is 1.65. The number of carboxylic acids is 1. The number of hydrogen-bond acceptors (Lipinski definition) is 3. The molecule has 0 aliphatic carbocycles. The number of hydrogen-bond donors (Lipinski definition) is 2. The summed E-state index contributed by atoms with van der Waals surface area (Å²) >= 11 is 0. The summed E-state index contributed by atoms with van der Waals surface area (Å²) < 4.78 is 1.67. The Kier molecular flexibility index (Phi) is 4.38. The van der Waals surface area contributed by atoms with Crippen LogP contribution in [0.3, 0.4) is 0 Å². The predicted octanol–water partition coefficient (Wildman–Crippen LogP) is 2.75. The maximum atomic E-state index is 12.3. The first kappa shape index (κ1) is 15.5. The van der Waals surface area contributed by atoms with Gasteiger partial charge >= 0.3 is 5.97 Å². The van der Waals surface area contributed by atoms with Crippen molar-refractivity contribution in [3.8, 4) is 5.69 Å². The summed E-state index contributed by atoms with van der Waals surface area (Å²) in [6.45, 7) is 0. The second-order valence-electron chi connectivity index (χ2n) is 5.15. The number of carbonyl (C=O) groups excluding carboxylic acids is 1. The van der Waals surface area contributed by atoms with Gasteiger partial charge in [-0.2, -0.15) is 0 Å². The topological polar surface area (TPSA) is 84.2 Å². The molecule has 24 heavy (non-hydrogen) atoms. The van der Waals surface area contributed by atoms with E-state index in [2.05, 4.69) is 10.3 Å². The van der Waals surface area contributed by atoms with Gasteiger partial charge in [0.25, 0.3) is 5.91 Å². The van der Waals surface area contributed by atoms with E-state index in [0.29, 0.717) is 11.3 Å². The number of nitrogens with zero attached hydrogens (tertiary/aromatic N) is 2. The Bertz CT molecular complexity index is 858. The molecule has 0 radical (unpaired) electrons. The first-order chi connectivity index (χ1) is 11.6. The van der Waals surface area contributed by atoms with E-state index in [0.717, 1.165) is 5.69 Å². The fraction of sp³-hybridized carbons (Fsp3) is 0.0556. The van der Waals surface area contributed by atoms with E-state index in [4.69, 9.17) is 5.11 Å². The van der Waals surface area contributed by atoms with Gasteiger partial charge in [-0.15, -0.1) is 0 Å². The number of carboxylic acid groups (broad SMARTS) is 1. The van der Waals surface area contributed by atoms with Crippen LogP contribution in [0.15, 0.2) is 66.9 Å². The first-order valence-electron chi connectivity index (χ1n) is 7.35. The van der Waals surface area contributed by atoms with Gasteiger partial charge < -0.3 is 5.11 Å². The van der Waals surface area contributed by atoms with Gasteiger partial charge in [-0.25, -0.2) is 4.98 Å². The van der Waals surface area contributed by atoms with Crippen LogP contribution in [0.5, 0.6) is 0 Å². The maximum Gasteiger partial charge on any atom is 0.309 e. The molecule has 6 nitrogen and oxygen atoms in total. The Morgan fingerprint density at radius 3 is 2.25 bits per heavy atom. The summed E-state index contributed by atoms with van der Waals surface area (Å²) in [6, 6.07) is 18.1. The molecular weight excluding hydrogens is 306 g/mol. The minimum atomic E-state index is -0.978. The van der Waals surface area contributed by atoms with Gasteiger partial charge in [0.15, 0.2) is 0 Å². The van der Waals surface area contributed by atoms with Gasteiger partial charge in [-0.05, 0) is 24.3 Å². The molecule has 0 spiro atoms. The molecular formula is C18H15N3O3.